The summed E-state index contributed by atoms with van der Waals surface area (Å²) in [4.78, 5) is 55.5. The zero-order chi connectivity index (χ0) is 45.6. The molecular formula is C51H51N9O5. The Morgan fingerprint density at radius 1 is 0.785 bits per heavy atom. The highest BCUT2D eigenvalue weighted by atomic mass is 16.5. The van der Waals surface area contributed by atoms with Crippen molar-refractivity contribution >= 4 is 45.5 Å². The molecular weight excluding hydrogens is 819 g/mol. The van der Waals surface area contributed by atoms with Gasteiger partial charge in [0, 0.05) is 84.9 Å². The number of H-pyrrole nitrogens is 1. The molecule has 8 rings (SSSR count). The van der Waals surface area contributed by atoms with Crippen molar-refractivity contribution in [3.05, 3.63) is 138 Å². The summed E-state index contributed by atoms with van der Waals surface area (Å²) < 4.78 is 8.25. The van der Waals surface area contributed by atoms with Gasteiger partial charge in [0.25, 0.3) is 17.8 Å². The maximum absolute atomic E-state index is 13.2. The number of phenolic OH excluding ortho intramolecular Hbond substituents is 1. The molecule has 0 radical (unpaired) electrons. The second kappa shape index (κ2) is 19.2. The van der Waals surface area contributed by atoms with Crippen LogP contribution in [-0.2, 0) is 24.7 Å². The molecule has 0 fully saturated rings. The van der Waals surface area contributed by atoms with Gasteiger partial charge in [0.1, 0.15) is 23.0 Å². The van der Waals surface area contributed by atoms with Gasteiger partial charge < -0.3 is 41.1 Å². The van der Waals surface area contributed by atoms with Gasteiger partial charge >= 0.3 is 0 Å². The van der Waals surface area contributed by atoms with E-state index in [1.54, 1.807) is 54.9 Å². The molecule has 4 aromatic heterocycles. The molecule has 0 saturated heterocycles. The quantitative estimate of drug-likeness (QED) is 0.0516. The monoisotopic (exact) mass is 869 g/mol. The minimum atomic E-state index is -0.372. The largest absolute Gasteiger partial charge is 0.508 e. The summed E-state index contributed by atoms with van der Waals surface area (Å²) in [7, 11) is 2.04. The number of fused-ring (bicyclic) bond motifs is 2. The van der Waals surface area contributed by atoms with Crippen molar-refractivity contribution in [1.82, 2.24) is 40.5 Å². The normalized spacial score (nSPS) is 11.2. The van der Waals surface area contributed by atoms with E-state index in [0.717, 1.165) is 62.0 Å². The smallest absolute Gasteiger partial charge is 0.300 e. The molecule has 14 heteroatoms. The third-order valence-corrected chi connectivity index (χ3v) is 11.6. The second-order valence-corrected chi connectivity index (χ2v) is 15.9. The molecule has 4 heterocycles. The number of rotatable bonds is 16. The molecule has 4 aromatic carbocycles. The molecule has 0 unspecified atom stereocenters. The van der Waals surface area contributed by atoms with Crippen LogP contribution in [-0.4, -0.2) is 67.0 Å². The maximum Gasteiger partial charge on any atom is 0.300 e. The van der Waals surface area contributed by atoms with E-state index in [2.05, 4.69) is 85.0 Å². The number of nitrogens with two attached hydrogens (primary N) is 1. The lowest BCUT2D eigenvalue weighted by molar-refractivity contribution is -0.121. The van der Waals surface area contributed by atoms with Gasteiger partial charge in [-0.1, -0.05) is 44.2 Å². The van der Waals surface area contributed by atoms with Crippen LogP contribution in [0.15, 0.2) is 110 Å². The highest BCUT2D eigenvalue weighted by molar-refractivity contribution is 5.96. The molecule has 0 aliphatic carbocycles. The van der Waals surface area contributed by atoms with Gasteiger partial charge in [-0.2, -0.15) is 4.98 Å². The number of phenols is 1. The minimum Gasteiger partial charge on any atom is -0.508 e. The Morgan fingerprint density at radius 3 is 2.32 bits per heavy atom. The predicted molar refractivity (Wildman–Crippen MR) is 254 cm³/mol. The van der Waals surface area contributed by atoms with Crippen molar-refractivity contribution in [3.63, 3.8) is 0 Å². The molecule has 0 aliphatic heterocycles. The Morgan fingerprint density at radius 2 is 1.55 bits per heavy atom. The first-order valence-electron chi connectivity index (χ1n) is 21.7. The third kappa shape index (κ3) is 9.66. The number of nitrogens with one attached hydrogen (secondary N) is 4. The van der Waals surface area contributed by atoms with Crippen LogP contribution >= 0.6 is 0 Å². The topological polar surface area (TPSA) is 202 Å². The number of hydrogen-bond acceptors (Lipinski definition) is 9. The number of benzene rings is 4. The summed E-state index contributed by atoms with van der Waals surface area (Å²) in [5, 5.41) is 19.4. The number of aromatic hydroxyl groups is 1. The van der Waals surface area contributed by atoms with E-state index in [4.69, 9.17) is 15.5 Å². The number of carbonyl (C=O) groups is 3. The van der Waals surface area contributed by atoms with Crippen molar-refractivity contribution in [2.24, 2.45) is 7.05 Å². The zero-order valence-corrected chi connectivity index (χ0v) is 36.8. The summed E-state index contributed by atoms with van der Waals surface area (Å²) in [6.07, 6.45) is 7.54. The van der Waals surface area contributed by atoms with E-state index in [9.17, 15) is 19.5 Å². The van der Waals surface area contributed by atoms with Crippen molar-refractivity contribution < 1.29 is 24.2 Å². The molecule has 14 nitrogen and oxygen atoms in total. The third-order valence-electron chi connectivity index (χ3n) is 11.6. The van der Waals surface area contributed by atoms with Crippen molar-refractivity contribution in [3.8, 4) is 50.9 Å². The number of aromatic amines is 1. The predicted octanol–water partition coefficient (Wildman–Crippen LogP) is 8.42. The van der Waals surface area contributed by atoms with Crippen molar-refractivity contribution in [2.45, 2.75) is 46.5 Å². The fourth-order valence-electron chi connectivity index (χ4n) is 8.08. The lowest BCUT2D eigenvalue weighted by atomic mass is 9.92. The second-order valence-electron chi connectivity index (χ2n) is 15.9. The van der Waals surface area contributed by atoms with Crippen LogP contribution in [0.25, 0.3) is 55.3 Å². The maximum atomic E-state index is 13.2. The van der Waals surface area contributed by atoms with Crippen LogP contribution in [0.5, 0.6) is 17.5 Å². The van der Waals surface area contributed by atoms with Gasteiger partial charge in [0.05, 0.1) is 11.0 Å². The highest BCUT2D eigenvalue weighted by Crippen LogP contribution is 2.37. The first-order valence-corrected chi connectivity index (χ1v) is 21.7. The number of amides is 3. The number of imidazole rings is 1. The summed E-state index contributed by atoms with van der Waals surface area (Å²) >= 11 is 0. The molecule has 0 bridgehead atoms. The van der Waals surface area contributed by atoms with Crippen LogP contribution in [0, 0.1) is 6.92 Å². The standard InChI is InChI=1S/C51H51N9O5/c1-5-31-25-43-44(27-40(31)33-13-18-45-34(24-33)19-23-60(45)4)59-51(58-43)65-37-16-9-30(3)39(26-37)49(63)54-20-7-8-46(62)53-21-22-55-50(64)42-17-12-35(28-56-42)41-29-57-48(52)47(38(41)6-2)32-10-14-36(61)15-11-32/h9-19,23-29,61H,5-8,20-22H2,1-4H3,(H2,52,57)(H,53,62)(H,54,63)(H,55,64)(H,58,59). The average molecular weight is 870 g/mol. The summed E-state index contributed by atoms with van der Waals surface area (Å²) in [5.74, 6) is 0.171. The van der Waals surface area contributed by atoms with Crippen LogP contribution in [0.2, 0.25) is 0 Å². The Labute approximate surface area is 376 Å². The molecule has 7 N–H and O–H groups in total. The van der Waals surface area contributed by atoms with Gasteiger partial charge in [-0.15, -0.1) is 0 Å². The van der Waals surface area contributed by atoms with E-state index in [1.807, 2.05) is 33.0 Å². The Kier molecular flexibility index (Phi) is 12.9. The van der Waals surface area contributed by atoms with E-state index in [1.165, 1.54) is 16.5 Å². The number of nitrogens with zero attached hydrogens (tertiary/aromatic N) is 4. The number of nitrogen functional groups attached to an aromatic ring is 1. The van der Waals surface area contributed by atoms with Gasteiger partial charge in [0.15, 0.2) is 0 Å². The van der Waals surface area contributed by atoms with Crippen LogP contribution in [0.1, 0.15) is 64.2 Å². The van der Waals surface area contributed by atoms with E-state index < -0.39 is 0 Å². The fraction of sp³-hybridized carbons (Fsp3) is 0.216. The number of pyridine rings is 2. The average Bonchev–Trinajstić information content (AvgIpc) is 3.90. The first kappa shape index (κ1) is 43.6. The Hall–Kier alpha value is -8.00. The molecule has 0 saturated carbocycles. The van der Waals surface area contributed by atoms with Crippen molar-refractivity contribution in [2.75, 3.05) is 25.4 Å². The number of carbonyl (C=O) groups excluding carboxylic acids is 3. The highest BCUT2D eigenvalue weighted by Gasteiger charge is 2.18. The van der Waals surface area contributed by atoms with Gasteiger partial charge in [-0.3, -0.25) is 19.4 Å². The summed E-state index contributed by atoms with van der Waals surface area (Å²) in [5.41, 5.74) is 18.3. The molecule has 0 spiro atoms. The zero-order valence-electron chi connectivity index (χ0n) is 36.8. The number of aryl methyl sites for hydroxylation is 3. The first-order chi connectivity index (χ1) is 31.5. The van der Waals surface area contributed by atoms with E-state index in [0.29, 0.717) is 42.5 Å². The van der Waals surface area contributed by atoms with Crippen molar-refractivity contribution in [1.29, 1.82) is 0 Å². The number of aromatic nitrogens is 5. The summed E-state index contributed by atoms with van der Waals surface area (Å²) in [6.45, 7) is 6.76. The number of ether oxygens (including phenoxy) is 1. The van der Waals surface area contributed by atoms with Gasteiger partial charge in [-0.25, -0.2) is 4.98 Å². The number of anilines is 1. The lowest BCUT2D eigenvalue weighted by Crippen LogP contribution is -2.35. The Bertz CT molecular complexity index is 3050. The molecule has 3 amide bonds. The lowest BCUT2D eigenvalue weighted by Gasteiger charge is -2.16. The van der Waals surface area contributed by atoms with E-state index in [-0.39, 0.29) is 48.7 Å². The minimum absolute atomic E-state index is 0.160. The summed E-state index contributed by atoms with van der Waals surface area (Å²) in [6, 6.07) is 28.7. The molecule has 330 valence electrons. The van der Waals surface area contributed by atoms with Gasteiger partial charge in [-0.05, 0) is 120 Å². The fourth-order valence-corrected chi connectivity index (χ4v) is 8.08. The van der Waals surface area contributed by atoms with Crippen LogP contribution in [0.4, 0.5) is 5.82 Å². The van der Waals surface area contributed by atoms with Crippen LogP contribution < -0.4 is 26.4 Å². The molecule has 8 aromatic rings. The SMILES string of the molecule is CCc1cc2[nH]c(Oc3ccc(C)c(C(=O)NCCCC(=O)NCCNC(=O)c4ccc(-c5cnc(N)c(-c6ccc(O)cc6)c5CC)cn4)c3)nc2cc1-c1ccc2c(ccn2C)c1. The van der Waals surface area contributed by atoms with Crippen LogP contribution in [0.3, 0.4) is 0 Å². The Balaban J connectivity index is 0.786. The number of hydrogen-bond donors (Lipinski definition) is 6. The molecule has 0 atom stereocenters. The molecule has 0 aliphatic rings. The van der Waals surface area contributed by atoms with E-state index >= 15 is 0 Å². The van der Waals surface area contributed by atoms with Gasteiger partial charge in [0.2, 0.25) is 5.91 Å². The molecule has 65 heavy (non-hydrogen) atoms.